The molecule has 0 N–H and O–H groups in total. The van der Waals surface area contributed by atoms with Gasteiger partial charge in [-0.25, -0.2) is 13.8 Å². The van der Waals surface area contributed by atoms with Gasteiger partial charge in [0.15, 0.2) is 11.6 Å². The standard InChI is InChI=1S/C20H19F2N3O3/c1-12-6-16(22)19(23-7-12)25-9-17(26)24(8-13-2-4-15(21)5-3-13)18(20(25)27)14-10-28-11-14/h2-7,14,18H,8-11H2,1H3. The molecule has 2 aromatic rings. The zero-order valence-corrected chi connectivity index (χ0v) is 15.3. The molecule has 2 aliphatic rings. The lowest BCUT2D eigenvalue weighted by atomic mass is 9.92. The maximum atomic E-state index is 14.4. The van der Waals surface area contributed by atoms with Crippen molar-refractivity contribution < 1.29 is 23.1 Å². The molecule has 6 nitrogen and oxygen atoms in total. The molecular weight excluding hydrogens is 368 g/mol. The highest BCUT2D eigenvalue weighted by molar-refractivity contribution is 6.06. The number of amides is 2. The second-order valence-electron chi connectivity index (χ2n) is 7.13. The number of hydrogen-bond donors (Lipinski definition) is 0. The number of nitrogens with zero attached hydrogens (tertiary/aromatic N) is 3. The second-order valence-corrected chi connectivity index (χ2v) is 7.13. The molecule has 2 fully saturated rings. The number of rotatable bonds is 4. The topological polar surface area (TPSA) is 62.7 Å². The predicted octanol–water partition coefficient (Wildman–Crippen LogP) is 2.06. The monoisotopic (exact) mass is 387 g/mol. The lowest BCUT2D eigenvalue weighted by molar-refractivity contribution is -0.155. The van der Waals surface area contributed by atoms with Gasteiger partial charge in [0.1, 0.15) is 18.4 Å². The van der Waals surface area contributed by atoms with E-state index in [0.29, 0.717) is 24.3 Å². The van der Waals surface area contributed by atoms with Crippen molar-refractivity contribution in [2.45, 2.75) is 19.5 Å². The minimum atomic E-state index is -0.775. The SMILES string of the molecule is Cc1cnc(N2CC(=O)N(Cc3ccc(F)cc3)C(C3COC3)C2=O)c(F)c1. The van der Waals surface area contributed by atoms with Crippen LogP contribution in [0.15, 0.2) is 36.5 Å². The summed E-state index contributed by atoms with van der Waals surface area (Å²) in [5.74, 6) is -2.03. The Morgan fingerprint density at radius 3 is 2.50 bits per heavy atom. The van der Waals surface area contributed by atoms with Crippen LogP contribution in [0.1, 0.15) is 11.1 Å². The van der Waals surface area contributed by atoms with Gasteiger partial charge in [-0.1, -0.05) is 12.1 Å². The third-order valence-corrected chi connectivity index (χ3v) is 5.06. The molecular formula is C20H19F2N3O3. The first-order valence-electron chi connectivity index (χ1n) is 8.99. The van der Waals surface area contributed by atoms with Crippen LogP contribution in [0.25, 0.3) is 0 Å². The summed E-state index contributed by atoms with van der Waals surface area (Å²) in [5.41, 5.74) is 1.33. The summed E-state index contributed by atoms with van der Waals surface area (Å²) in [5, 5.41) is 0. The van der Waals surface area contributed by atoms with Gasteiger partial charge < -0.3 is 9.64 Å². The van der Waals surface area contributed by atoms with Crippen molar-refractivity contribution >= 4 is 17.6 Å². The quantitative estimate of drug-likeness (QED) is 0.806. The fraction of sp³-hybridized carbons (Fsp3) is 0.350. The Bertz CT molecular complexity index is 915. The Kier molecular flexibility index (Phi) is 4.80. The molecule has 1 aromatic heterocycles. The van der Waals surface area contributed by atoms with Crippen LogP contribution in [-0.2, 0) is 20.9 Å². The first-order valence-corrected chi connectivity index (χ1v) is 8.99. The number of benzene rings is 1. The average Bonchev–Trinajstić information content (AvgIpc) is 2.61. The number of ether oxygens (including phenoxy) is 1. The minimum Gasteiger partial charge on any atom is -0.380 e. The molecule has 1 aromatic carbocycles. The molecule has 1 unspecified atom stereocenters. The molecule has 0 radical (unpaired) electrons. The molecule has 3 heterocycles. The largest absolute Gasteiger partial charge is 0.380 e. The van der Waals surface area contributed by atoms with E-state index in [1.165, 1.54) is 29.3 Å². The predicted molar refractivity (Wildman–Crippen MR) is 96.3 cm³/mol. The summed E-state index contributed by atoms with van der Waals surface area (Å²) in [6.07, 6.45) is 1.46. The fourth-order valence-electron chi connectivity index (χ4n) is 3.52. The van der Waals surface area contributed by atoms with Gasteiger partial charge in [-0.15, -0.1) is 0 Å². The highest BCUT2D eigenvalue weighted by Crippen LogP contribution is 2.30. The number of piperazine rings is 1. The van der Waals surface area contributed by atoms with E-state index in [-0.39, 0.29) is 42.5 Å². The van der Waals surface area contributed by atoms with E-state index in [0.717, 1.165) is 4.90 Å². The van der Waals surface area contributed by atoms with E-state index in [2.05, 4.69) is 4.98 Å². The van der Waals surface area contributed by atoms with Crippen LogP contribution in [-0.4, -0.2) is 47.5 Å². The zero-order valence-electron chi connectivity index (χ0n) is 15.3. The Morgan fingerprint density at radius 1 is 1.18 bits per heavy atom. The summed E-state index contributed by atoms with van der Waals surface area (Å²) >= 11 is 0. The van der Waals surface area contributed by atoms with E-state index in [1.807, 2.05) is 0 Å². The van der Waals surface area contributed by atoms with Crippen molar-refractivity contribution in [1.82, 2.24) is 9.88 Å². The van der Waals surface area contributed by atoms with Crippen molar-refractivity contribution in [1.29, 1.82) is 0 Å². The van der Waals surface area contributed by atoms with E-state index < -0.39 is 11.9 Å². The van der Waals surface area contributed by atoms with Gasteiger partial charge in [-0.05, 0) is 36.2 Å². The molecule has 146 valence electrons. The van der Waals surface area contributed by atoms with Gasteiger partial charge in [-0.2, -0.15) is 0 Å². The lowest BCUT2D eigenvalue weighted by Gasteiger charge is -2.45. The van der Waals surface area contributed by atoms with Gasteiger partial charge in [0.25, 0.3) is 5.91 Å². The van der Waals surface area contributed by atoms with Crippen LogP contribution < -0.4 is 4.90 Å². The number of aryl methyl sites for hydroxylation is 1. The number of hydrogen-bond acceptors (Lipinski definition) is 4. The Balaban J connectivity index is 1.65. The summed E-state index contributed by atoms with van der Waals surface area (Å²) in [4.78, 5) is 32.7. The molecule has 0 aliphatic carbocycles. The average molecular weight is 387 g/mol. The van der Waals surface area contributed by atoms with Crippen molar-refractivity contribution in [3.8, 4) is 0 Å². The van der Waals surface area contributed by atoms with Gasteiger partial charge in [0, 0.05) is 18.7 Å². The molecule has 0 saturated carbocycles. The first kappa shape index (κ1) is 18.5. The van der Waals surface area contributed by atoms with Crippen LogP contribution in [0.5, 0.6) is 0 Å². The molecule has 4 rings (SSSR count). The Labute approximate surface area is 160 Å². The number of aromatic nitrogens is 1. The normalized spacial score (nSPS) is 20.5. The summed E-state index contributed by atoms with van der Waals surface area (Å²) in [7, 11) is 0. The molecule has 8 heteroatoms. The number of halogens is 2. The van der Waals surface area contributed by atoms with Crippen LogP contribution in [0, 0.1) is 24.5 Å². The molecule has 0 bridgehead atoms. The molecule has 2 amide bonds. The van der Waals surface area contributed by atoms with Crippen LogP contribution in [0.3, 0.4) is 0 Å². The van der Waals surface area contributed by atoms with Crippen molar-refractivity contribution in [2.24, 2.45) is 5.92 Å². The van der Waals surface area contributed by atoms with E-state index in [1.54, 1.807) is 19.1 Å². The fourth-order valence-corrected chi connectivity index (χ4v) is 3.52. The summed E-state index contributed by atoms with van der Waals surface area (Å²) in [6, 6.07) is 6.29. The molecule has 2 aliphatic heterocycles. The number of anilines is 1. The first-order chi connectivity index (χ1) is 13.4. The number of carbonyl (C=O) groups excluding carboxylic acids is 2. The van der Waals surface area contributed by atoms with Gasteiger partial charge in [0.05, 0.1) is 13.2 Å². The zero-order chi connectivity index (χ0) is 19.8. The maximum absolute atomic E-state index is 14.4. The van der Waals surface area contributed by atoms with Gasteiger partial charge in [-0.3, -0.25) is 14.5 Å². The van der Waals surface area contributed by atoms with E-state index in [9.17, 15) is 18.4 Å². The number of carbonyl (C=O) groups is 2. The third-order valence-electron chi connectivity index (χ3n) is 5.06. The van der Waals surface area contributed by atoms with Crippen molar-refractivity contribution in [3.05, 3.63) is 59.3 Å². The molecule has 28 heavy (non-hydrogen) atoms. The maximum Gasteiger partial charge on any atom is 0.251 e. The number of pyridine rings is 1. The Morgan fingerprint density at radius 2 is 1.89 bits per heavy atom. The minimum absolute atomic E-state index is 0.143. The third kappa shape index (κ3) is 3.35. The summed E-state index contributed by atoms with van der Waals surface area (Å²) < 4.78 is 32.8. The van der Waals surface area contributed by atoms with Gasteiger partial charge >= 0.3 is 0 Å². The van der Waals surface area contributed by atoms with Gasteiger partial charge in [0.2, 0.25) is 5.91 Å². The van der Waals surface area contributed by atoms with E-state index >= 15 is 0 Å². The second kappa shape index (κ2) is 7.27. The Hall–Kier alpha value is -2.87. The summed E-state index contributed by atoms with van der Waals surface area (Å²) in [6.45, 7) is 2.27. The molecule has 2 saturated heterocycles. The van der Waals surface area contributed by atoms with Crippen molar-refractivity contribution in [2.75, 3.05) is 24.7 Å². The molecule has 1 atom stereocenters. The smallest absolute Gasteiger partial charge is 0.251 e. The van der Waals surface area contributed by atoms with Crippen LogP contribution in [0.2, 0.25) is 0 Å². The van der Waals surface area contributed by atoms with E-state index in [4.69, 9.17) is 4.74 Å². The lowest BCUT2D eigenvalue weighted by Crippen LogP contribution is -2.65. The van der Waals surface area contributed by atoms with Crippen LogP contribution >= 0.6 is 0 Å². The highest BCUT2D eigenvalue weighted by atomic mass is 19.1. The highest BCUT2D eigenvalue weighted by Gasteiger charge is 2.47. The van der Waals surface area contributed by atoms with Crippen LogP contribution in [0.4, 0.5) is 14.6 Å². The van der Waals surface area contributed by atoms with Crippen molar-refractivity contribution in [3.63, 3.8) is 0 Å². The molecule has 0 spiro atoms.